The Kier molecular flexibility index (Phi) is 5.48. The lowest BCUT2D eigenvalue weighted by molar-refractivity contribution is -0.148. The Morgan fingerprint density at radius 1 is 1.11 bits per heavy atom. The van der Waals surface area contributed by atoms with Gasteiger partial charge in [0.05, 0.1) is 12.8 Å². The second kappa shape index (κ2) is 7.82. The van der Waals surface area contributed by atoms with Crippen molar-refractivity contribution in [3.63, 3.8) is 0 Å². The highest BCUT2D eigenvalue weighted by molar-refractivity contribution is 6.04. The zero-order chi connectivity index (χ0) is 19.4. The molecule has 0 radical (unpaired) electrons. The number of nitrogens with zero attached hydrogens (tertiary/aromatic N) is 2. The highest BCUT2D eigenvalue weighted by Gasteiger charge is 2.40. The third kappa shape index (κ3) is 4.30. The number of rotatable bonds is 5. The minimum Gasteiger partial charge on any atom is -0.467 e. The Bertz CT molecular complexity index is 779. The zero-order valence-corrected chi connectivity index (χ0v) is 15.6. The van der Waals surface area contributed by atoms with E-state index < -0.39 is 5.41 Å². The summed E-state index contributed by atoms with van der Waals surface area (Å²) in [7, 11) is 0. The maximum atomic E-state index is 13.1. The van der Waals surface area contributed by atoms with Gasteiger partial charge < -0.3 is 19.5 Å². The first-order chi connectivity index (χ1) is 12.9. The molecule has 1 N–H and O–H groups in total. The van der Waals surface area contributed by atoms with Crippen LogP contribution in [0.15, 0.2) is 47.1 Å². The molecule has 0 saturated carbocycles. The van der Waals surface area contributed by atoms with Gasteiger partial charge in [-0.2, -0.15) is 0 Å². The highest BCUT2D eigenvalue weighted by Crippen LogP contribution is 2.23. The summed E-state index contributed by atoms with van der Waals surface area (Å²) in [6, 6.07) is 9.85. The van der Waals surface area contributed by atoms with Gasteiger partial charge in [-0.3, -0.25) is 9.59 Å². The molecule has 2 heterocycles. The summed E-state index contributed by atoms with van der Waals surface area (Å²) >= 11 is 0. The molecule has 3 rings (SSSR count). The van der Waals surface area contributed by atoms with Gasteiger partial charge in [0.2, 0.25) is 11.8 Å². The van der Waals surface area contributed by atoms with Gasteiger partial charge in [-0.1, -0.05) is 0 Å². The lowest BCUT2D eigenvalue weighted by Crippen LogP contribution is -2.55. The number of carbonyl (C=O) groups excluding carboxylic acids is 2. The Morgan fingerprint density at radius 2 is 1.78 bits per heavy atom. The third-order valence-electron chi connectivity index (χ3n) is 4.86. The van der Waals surface area contributed by atoms with Gasteiger partial charge in [0, 0.05) is 31.9 Å². The zero-order valence-electron chi connectivity index (χ0n) is 15.6. The van der Waals surface area contributed by atoms with Crippen LogP contribution in [-0.4, -0.2) is 42.9 Å². The van der Waals surface area contributed by atoms with Crippen molar-refractivity contribution in [2.75, 3.05) is 31.1 Å². The first-order valence-electron chi connectivity index (χ1n) is 8.98. The Hall–Kier alpha value is -2.83. The van der Waals surface area contributed by atoms with Gasteiger partial charge in [0.15, 0.2) is 0 Å². The lowest BCUT2D eigenvalue weighted by atomic mass is 9.90. The minimum absolute atomic E-state index is 0.196. The fourth-order valence-corrected chi connectivity index (χ4v) is 3.11. The molecule has 0 aliphatic carbocycles. The number of halogens is 1. The number of piperazine rings is 1. The van der Waals surface area contributed by atoms with E-state index in [1.807, 2.05) is 0 Å². The van der Waals surface area contributed by atoms with E-state index >= 15 is 0 Å². The molecule has 1 fully saturated rings. The molecule has 1 aromatic heterocycles. The summed E-state index contributed by atoms with van der Waals surface area (Å²) in [5.41, 5.74) is -0.232. The van der Waals surface area contributed by atoms with Gasteiger partial charge in [-0.05, 0) is 50.2 Å². The average Bonchev–Trinajstić information content (AvgIpc) is 3.20. The van der Waals surface area contributed by atoms with E-state index in [1.165, 1.54) is 12.1 Å². The predicted molar refractivity (Wildman–Crippen MR) is 99.5 cm³/mol. The van der Waals surface area contributed by atoms with E-state index in [-0.39, 0.29) is 24.2 Å². The van der Waals surface area contributed by atoms with Crippen LogP contribution in [0.5, 0.6) is 0 Å². The Balaban J connectivity index is 1.55. The average molecular weight is 373 g/mol. The number of nitrogens with one attached hydrogen (secondary N) is 1. The fourth-order valence-electron chi connectivity index (χ4n) is 3.11. The lowest BCUT2D eigenvalue weighted by Gasteiger charge is -2.39. The third-order valence-corrected chi connectivity index (χ3v) is 4.86. The van der Waals surface area contributed by atoms with Crippen LogP contribution in [0.25, 0.3) is 0 Å². The standard InChI is InChI=1S/C20H24FN3O3/c1-20(2,18(25)22-14-17-4-3-13-27-17)19(26)24-11-9-23(10-12-24)16-7-5-15(21)6-8-16/h3-8,13H,9-12,14H2,1-2H3,(H,22,25). The molecule has 144 valence electrons. The van der Waals surface area contributed by atoms with Crippen LogP contribution in [0.2, 0.25) is 0 Å². The molecule has 0 bridgehead atoms. The number of furan rings is 1. The number of benzene rings is 1. The Morgan fingerprint density at radius 3 is 2.37 bits per heavy atom. The maximum Gasteiger partial charge on any atom is 0.237 e. The van der Waals surface area contributed by atoms with Crippen molar-refractivity contribution in [1.29, 1.82) is 0 Å². The number of carbonyl (C=O) groups is 2. The van der Waals surface area contributed by atoms with Crippen molar-refractivity contribution in [3.05, 3.63) is 54.2 Å². The van der Waals surface area contributed by atoms with Crippen LogP contribution < -0.4 is 10.2 Å². The summed E-state index contributed by atoms with van der Waals surface area (Å²) in [6.07, 6.45) is 1.54. The first-order valence-corrected chi connectivity index (χ1v) is 8.98. The molecule has 27 heavy (non-hydrogen) atoms. The van der Waals surface area contributed by atoms with E-state index in [1.54, 1.807) is 49.3 Å². The Labute approximate surface area is 157 Å². The quantitative estimate of drug-likeness (QED) is 0.818. The number of amides is 2. The van der Waals surface area contributed by atoms with Crippen molar-refractivity contribution in [1.82, 2.24) is 10.2 Å². The number of hydrogen-bond donors (Lipinski definition) is 1. The van der Waals surface area contributed by atoms with Gasteiger partial charge in [0.25, 0.3) is 0 Å². The molecule has 0 atom stereocenters. The topological polar surface area (TPSA) is 65.8 Å². The molecule has 0 spiro atoms. The van der Waals surface area contributed by atoms with E-state index in [2.05, 4.69) is 10.2 Å². The smallest absolute Gasteiger partial charge is 0.237 e. The second-order valence-corrected chi connectivity index (χ2v) is 7.14. The van der Waals surface area contributed by atoms with Crippen molar-refractivity contribution in [3.8, 4) is 0 Å². The van der Waals surface area contributed by atoms with Gasteiger partial charge in [-0.15, -0.1) is 0 Å². The van der Waals surface area contributed by atoms with Crippen LogP contribution in [0, 0.1) is 11.2 Å². The van der Waals surface area contributed by atoms with Crippen LogP contribution >= 0.6 is 0 Å². The summed E-state index contributed by atoms with van der Waals surface area (Å²) in [6.45, 7) is 5.85. The van der Waals surface area contributed by atoms with Crippen molar-refractivity contribution in [2.45, 2.75) is 20.4 Å². The van der Waals surface area contributed by atoms with Gasteiger partial charge >= 0.3 is 0 Å². The van der Waals surface area contributed by atoms with Crippen LogP contribution in [0.4, 0.5) is 10.1 Å². The van der Waals surface area contributed by atoms with Crippen molar-refractivity contribution in [2.24, 2.45) is 5.41 Å². The molecule has 1 aromatic carbocycles. The predicted octanol–water partition coefficient (Wildman–Crippen LogP) is 2.41. The first kappa shape index (κ1) is 18.9. The molecule has 1 aliphatic rings. The summed E-state index contributed by atoms with van der Waals surface area (Å²) < 4.78 is 18.3. The monoisotopic (exact) mass is 373 g/mol. The fraction of sp³-hybridized carbons (Fsp3) is 0.400. The summed E-state index contributed by atoms with van der Waals surface area (Å²) in [4.78, 5) is 29.2. The molecular formula is C20H24FN3O3. The number of hydrogen-bond acceptors (Lipinski definition) is 4. The number of anilines is 1. The highest BCUT2D eigenvalue weighted by atomic mass is 19.1. The van der Waals surface area contributed by atoms with E-state index in [0.717, 1.165) is 5.69 Å². The molecular weight excluding hydrogens is 349 g/mol. The molecule has 0 unspecified atom stereocenters. The van der Waals surface area contributed by atoms with E-state index in [4.69, 9.17) is 4.42 Å². The maximum absolute atomic E-state index is 13.1. The molecule has 2 amide bonds. The van der Waals surface area contributed by atoms with E-state index in [9.17, 15) is 14.0 Å². The molecule has 6 nitrogen and oxygen atoms in total. The van der Waals surface area contributed by atoms with Crippen molar-refractivity contribution >= 4 is 17.5 Å². The summed E-state index contributed by atoms with van der Waals surface area (Å²) in [5, 5.41) is 2.76. The molecule has 2 aromatic rings. The van der Waals surface area contributed by atoms with Gasteiger partial charge in [0.1, 0.15) is 17.0 Å². The SMILES string of the molecule is CC(C)(C(=O)NCc1ccco1)C(=O)N1CCN(c2ccc(F)cc2)CC1. The minimum atomic E-state index is -1.16. The second-order valence-electron chi connectivity index (χ2n) is 7.14. The molecule has 1 saturated heterocycles. The largest absolute Gasteiger partial charge is 0.467 e. The van der Waals surface area contributed by atoms with Gasteiger partial charge in [-0.25, -0.2) is 4.39 Å². The van der Waals surface area contributed by atoms with Crippen LogP contribution in [-0.2, 0) is 16.1 Å². The summed E-state index contributed by atoms with van der Waals surface area (Å²) in [5.74, 6) is -0.155. The molecule has 7 heteroatoms. The van der Waals surface area contributed by atoms with Crippen molar-refractivity contribution < 1.29 is 18.4 Å². The molecule has 1 aliphatic heterocycles. The van der Waals surface area contributed by atoms with Crippen LogP contribution in [0.3, 0.4) is 0 Å². The van der Waals surface area contributed by atoms with E-state index in [0.29, 0.717) is 31.9 Å². The normalized spacial score (nSPS) is 14.9. The van der Waals surface area contributed by atoms with Crippen LogP contribution in [0.1, 0.15) is 19.6 Å².